The van der Waals surface area contributed by atoms with Crippen molar-refractivity contribution in [1.82, 2.24) is 0 Å². The molecule has 0 aliphatic carbocycles. The zero-order chi connectivity index (χ0) is 17.3. The van der Waals surface area contributed by atoms with Crippen LogP contribution in [0.5, 0.6) is 5.75 Å². The Balaban J connectivity index is 0.00000225. The predicted octanol–water partition coefficient (Wildman–Crippen LogP) is 2.02. The van der Waals surface area contributed by atoms with Crippen LogP contribution in [0.15, 0.2) is 36.4 Å². The van der Waals surface area contributed by atoms with E-state index in [0.29, 0.717) is 5.56 Å². The van der Waals surface area contributed by atoms with E-state index in [4.69, 9.17) is 16.3 Å². The van der Waals surface area contributed by atoms with Crippen LogP contribution in [0.2, 0.25) is 5.02 Å². The predicted molar refractivity (Wildman–Crippen MR) is 82.0 cm³/mol. The third-order valence-electron chi connectivity index (χ3n) is 3.21. The van der Waals surface area contributed by atoms with Crippen LogP contribution in [0, 0.1) is 23.7 Å². The zero-order valence-corrected chi connectivity index (χ0v) is 15.7. The first-order valence-corrected chi connectivity index (χ1v) is 7.15. The molecule has 0 N–H and O–H groups in total. The second-order valence-corrected chi connectivity index (χ2v) is 5.39. The summed E-state index contributed by atoms with van der Waals surface area (Å²) in [7, 11) is 0. The number of halogens is 5. The van der Waals surface area contributed by atoms with Gasteiger partial charge in [0.2, 0.25) is 0 Å². The van der Waals surface area contributed by atoms with Gasteiger partial charge in [-0.05, 0) is 18.2 Å². The van der Waals surface area contributed by atoms with Gasteiger partial charge in [0, 0.05) is 5.02 Å². The first kappa shape index (κ1) is 19.9. The quantitative estimate of drug-likeness (QED) is 0.297. The van der Waals surface area contributed by atoms with Gasteiger partial charge in [0.1, 0.15) is 11.9 Å². The number of hydrogen-bond acceptors (Lipinski definition) is 1. The van der Waals surface area contributed by atoms with Gasteiger partial charge in [0.25, 0.3) is 0 Å². The number of benzene rings is 2. The first-order valence-electron chi connectivity index (χ1n) is 6.77. The van der Waals surface area contributed by atoms with Crippen molar-refractivity contribution in [3.8, 4) is 17.6 Å². The van der Waals surface area contributed by atoms with E-state index >= 15 is 0 Å². The third-order valence-corrected chi connectivity index (χ3v) is 3.43. The van der Waals surface area contributed by atoms with Gasteiger partial charge >= 0.3 is 35.7 Å². The van der Waals surface area contributed by atoms with Crippen molar-refractivity contribution in [2.45, 2.75) is 12.3 Å². The zero-order valence-electron chi connectivity index (χ0n) is 12.9. The summed E-state index contributed by atoms with van der Waals surface area (Å²) in [5.41, 5.74) is 0.602. The Kier molecular flexibility index (Phi) is 6.23. The second-order valence-electron chi connectivity index (χ2n) is 4.95. The molecule has 0 amide bonds. The van der Waals surface area contributed by atoms with E-state index in [2.05, 4.69) is 17.9 Å². The van der Waals surface area contributed by atoms with Crippen LogP contribution in [-0.2, 0) is 0 Å². The molecule has 0 fully saturated rings. The number of hydrogen-bond donors (Lipinski definition) is 0. The van der Waals surface area contributed by atoms with Crippen molar-refractivity contribution in [1.29, 1.82) is 0 Å². The first-order chi connectivity index (χ1) is 11.3. The van der Waals surface area contributed by atoms with E-state index in [0.717, 1.165) is 6.08 Å². The average molecular weight is 375 g/mol. The monoisotopic (exact) mass is 374 g/mol. The molecule has 25 heavy (non-hydrogen) atoms. The molecule has 0 saturated carbocycles. The van der Waals surface area contributed by atoms with Gasteiger partial charge in [-0.2, -0.15) is 13.2 Å². The summed E-state index contributed by atoms with van der Waals surface area (Å²) in [6, 6.07) is 8.65. The van der Waals surface area contributed by atoms with E-state index in [1.54, 1.807) is 6.07 Å². The van der Waals surface area contributed by atoms with E-state index in [9.17, 15) is 17.6 Å². The molecule has 1 nitrogen and oxygen atoms in total. The maximum absolute atomic E-state index is 13.6. The van der Waals surface area contributed by atoms with Gasteiger partial charge in [-0.25, -0.2) is 16.5 Å². The van der Waals surface area contributed by atoms with Gasteiger partial charge < -0.3 is 4.74 Å². The summed E-state index contributed by atoms with van der Waals surface area (Å²) in [4.78, 5) is 0. The Hall–Kier alpha value is -1.45. The van der Waals surface area contributed by atoms with Gasteiger partial charge in [0.15, 0.2) is 0 Å². The van der Waals surface area contributed by atoms with Gasteiger partial charge in [-0.3, -0.25) is 0 Å². The van der Waals surface area contributed by atoms with Crippen LogP contribution in [0.4, 0.5) is 17.6 Å². The standard InChI is InChI=1S/C18H8ClF4O.Na/c19-14-9-12(6-5-11-3-1-2-4-15(11)20)17-13(10-14)7-8-16(24-17)18(21,22)23;/h1-4,7,9-10,16H;/q-1;+1. The van der Waals surface area contributed by atoms with Crippen LogP contribution in [0.3, 0.4) is 0 Å². The smallest absolute Gasteiger partial charge is 0.513 e. The Morgan fingerprint density at radius 3 is 2.44 bits per heavy atom. The second kappa shape index (κ2) is 7.84. The molecule has 7 heteroatoms. The van der Waals surface area contributed by atoms with Crippen molar-refractivity contribution in [2.75, 3.05) is 0 Å². The minimum absolute atomic E-state index is 0. The van der Waals surface area contributed by atoms with E-state index < -0.39 is 18.1 Å². The number of fused-ring (bicyclic) bond motifs is 1. The summed E-state index contributed by atoms with van der Waals surface area (Å²) in [6.45, 7) is 0. The third kappa shape index (κ3) is 4.59. The fraction of sp³-hybridized carbons (Fsp3) is 0.111. The van der Waals surface area contributed by atoms with Crippen LogP contribution >= 0.6 is 11.6 Å². The molecule has 1 aliphatic rings. The summed E-state index contributed by atoms with van der Waals surface area (Å²) in [6.07, 6.45) is -3.50. The number of rotatable bonds is 0. The Bertz CT molecular complexity index is 881. The fourth-order valence-electron chi connectivity index (χ4n) is 2.12. The van der Waals surface area contributed by atoms with Crippen LogP contribution < -0.4 is 34.3 Å². The molecule has 1 unspecified atom stereocenters. The summed E-state index contributed by atoms with van der Waals surface area (Å²) < 4.78 is 57.1. The van der Waals surface area contributed by atoms with Gasteiger partial charge in [-0.1, -0.05) is 35.6 Å². The van der Waals surface area contributed by atoms with Crippen LogP contribution in [-0.4, -0.2) is 12.3 Å². The Labute approximate surface area is 168 Å². The molecule has 2 aromatic rings. The van der Waals surface area contributed by atoms with Gasteiger partial charge in [-0.15, -0.1) is 11.6 Å². The minimum atomic E-state index is -4.59. The summed E-state index contributed by atoms with van der Waals surface area (Å²) in [5, 5.41) is 0.277. The molecule has 122 valence electrons. The Morgan fingerprint density at radius 2 is 1.76 bits per heavy atom. The van der Waals surface area contributed by atoms with Crippen LogP contribution in [0.25, 0.3) is 6.08 Å². The molecule has 3 rings (SSSR count). The molecule has 2 aromatic carbocycles. The minimum Gasteiger partial charge on any atom is -0.513 e. The van der Waals surface area contributed by atoms with Crippen molar-refractivity contribution >= 4 is 17.7 Å². The topological polar surface area (TPSA) is 9.23 Å². The molecular weight excluding hydrogens is 367 g/mol. The molecule has 0 spiro atoms. The van der Waals surface area contributed by atoms with E-state index in [1.165, 1.54) is 30.3 Å². The SMILES string of the molecule is Fc1ccccc1C#Cc1cc(Cl)cc2c1OC(C(F)(F)F)[C-]=C2.[Na+]. The molecule has 1 atom stereocenters. The maximum atomic E-state index is 13.6. The van der Waals surface area contributed by atoms with Crippen molar-refractivity contribution in [3.63, 3.8) is 0 Å². The molecule has 0 bridgehead atoms. The number of ether oxygens (including phenoxy) is 1. The molecular formula is C18H8ClF4NaO. The molecule has 0 aromatic heterocycles. The van der Waals surface area contributed by atoms with E-state index in [1.807, 2.05) is 0 Å². The Morgan fingerprint density at radius 1 is 1.08 bits per heavy atom. The maximum Gasteiger partial charge on any atom is 1.00 e. The van der Waals surface area contributed by atoms with Crippen molar-refractivity contribution in [2.24, 2.45) is 0 Å². The summed E-state index contributed by atoms with van der Waals surface area (Å²) >= 11 is 5.95. The fourth-order valence-corrected chi connectivity index (χ4v) is 2.35. The van der Waals surface area contributed by atoms with Crippen LogP contribution in [0.1, 0.15) is 16.7 Å². The molecule has 1 aliphatic heterocycles. The summed E-state index contributed by atoms with van der Waals surface area (Å²) in [5.74, 6) is 4.63. The molecule has 0 radical (unpaired) electrons. The van der Waals surface area contributed by atoms with E-state index in [-0.39, 0.29) is 51.5 Å². The van der Waals surface area contributed by atoms with Crippen molar-refractivity contribution < 1.29 is 51.9 Å². The molecule has 0 saturated heterocycles. The van der Waals surface area contributed by atoms with Gasteiger partial charge in [0.05, 0.1) is 16.9 Å². The largest absolute Gasteiger partial charge is 1.00 e. The number of alkyl halides is 3. The normalized spacial score (nSPS) is 15.3. The average Bonchev–Trinajstić information content (AvgIpc) is 2.52. The molecule has 1 heterocycles. The van der Waals surface area contributed by atoms with Crippen molar-refractivity contribution in [3.05, 3.63) is 70.0 Å².